The zero-order chi connectivity index (χ0) is 18.9. The molecule has 142 valence electrons. The van der Waals surface area contributed by atoms with Gasteiger partial charge in [0.05, 0.1) is 17.4 Å². The van der Waals surface area contributed by atoms with E-state index in [1.807, 2.05) is 44.2 Å². The molecule has 1 aromatic heterocycles. The van der Waals surface area contributed by atoms with Crippen molar-refractivity contribution in [2.24, 2.45) is 0 Å². The summed E-state index contributed by atoms with van der Waals surface area (Å²) < 4.78 is 10.8. The topological polar surface area (TPSA) is 75.7 Å². The molecule has 2 aliphatic rings. The van der Waals surface area contributed by atoms with E-state index in [0.29, 0.717) is 11.4 Å². The van der Waals surface area contributed by atoms with Gasteiger partial charge in [0.25, 0.3) is 0 Å². The lowest BCUT2D eigenvalue weighted by atomic mass is 9.94. The van der Waals surface area contributed by atoms with Gasteiger partial charge in [0, 0.05) is 13.1 Å². The molecule has 2 amide bonds. The fourth-order valence-electron chi connectivity index (χ4n) is 3.40. The van der Waals surface area contributed by atoms with E-state index in [1.54, 1.807) is 6.20 Å². The van der Waals surface area contributed by atoms with Crippen molar-refractivity contribution in [3.05, 3.63) is 42.1 Å². The minimum absolute atomic E-state index is 0.230. The number of nitrogens with one attached hydrogen (secondary N) is 2. The number of benzene rings is 1. The molecule has 0 atom stereocenters. The summed E-state index contributed by atoms with van der Waals surface area (Å²) in [6, 6.07) is 9.24. The van der Waals surface area contributed by atoms with Gasteiger partial charge in [-0.25, -0.2) is 9.78 Å². The van der Waals surface area contributed by atoms with Crippen LogP contribution < -0.4 is 25.0 Å². The maximum atomic E-state index is 12.5. The molecule has 0 unspecified atom stereocenters. The number of amides is 2. The molecule has 1 saturated heterocycles. The van der Waals surface area contributed by atoms with Crippen molar-refractivity contribution in [2.75, 3.05) is 30.1 Å². The summed E-state index contributed by atoms with van der Waals surface area (Å²) in [5.41, 5.74) is 1.02. The van der Waals surface area contributed by atoms with E-state index in [2.05, 4.69) is 20.5 Å². The van der Waals surface area contributed by atoms with Gasteiger partial charge in [0.2, 0.25) is 6.79 Å². The zero-order valence-corrected chi connectivity index (χ0v) is 15.6. The number of ether oxygens (including phenoxy) is 2. The highest BCUT2D eigenvalue weighted by molar-refractivity contribution is 5.89. The number of fused-ring (bicyclic) bond motifs is 1. The predicted molar refractivity (Wildman–Crippen MR) is 103 cm³/mol. The van der Waals surface area contributed by atoms with Gasteiger partial charge < -0.3 is 25.0 Å². The number of nitrogens with zero attached hydrogens (tertiary/aromatic N) is 2. The van der Waals surface area contributed by atoms with Gasteiger partial charge >= 0.3 is 6.03 Å². The number of carbonyl (C=O) groups excluding carboxylic acids is 1. The van der Waals surface area contributed by atoms with E-state index in [0.717, 1.165) is 30.2 Å². The summed E-state index contributed by atoms with van der Waals surface area (Å²) in [6.07, 6.45) is 4.11. The third kappa shape index (κ3) is 3.77. The first kappa shape index (κ1) is 17.5. The second kappa shape index (κ2) is 6.98. The Morgan fingerprint density at radius 2 is 1.89 bits per heavy atom. The van der Waals surface area contributed by atoms with Crippen molar-refractivity contribution < 1.29 is 14.3 Å². The van der Waals surface area contributed by atoms with Crippen LogP contribution in [0.2, 0.25) is 0 Å². The Bertz CT molecular complexity index is 830. The number of pyridine rings is 1. The molecule has 2 aromatic rings. The maximum absolute atomic E-state index is 12.5. The van der Waals surface area contributed by atoms with Crippen LogP contribution in [0.1, 0.15) is 32.3 Å². The smallest absolute Gasteiger partial charge is 0.319 e. The Labute approximate surface area is 158 Å². The van der Waals surface area contributed by atoms with Gasteiger partial charge in [0.1, 0.15) is 5.82 Å². The largest absolute Gasteiger partial charge is 0.454 e. The Morgan fingerprint density at radius 3 is 2.63 bits per heavy atom. The standard InChI is InChI=1S/C20H24N4O3/c1-20(2,14-5-7-16-17(11-14)27-13-26-16)23-19(25)22-15-6-8-18(21-12-15)24-9-3-4-10-24/h5-8,11-12H,3-4,9-10,13H2,1-2H3,(H2,22,23,25). The van der Waals surface area contributed by atoms with Gasteiger partial charge in [-0.2, -0.15) is 0 Å². The van der Waals surface area contributed by atoms with Crippen LogP contribution >= 0.6 is 0 Å². The molecule has 0 spiro atoms. The van der Waals surface area contributed by atoms with Gasteiger partial charge in [-0.3, -0.25) is 0 Å². The first-order valence-electron chi connectivity index (χ1n) is 9.21. The molecule has 0 aliphatic carbocycles. The average Bonchev–Trinajstić information content (AvgIpc) is 3.33. The normalized spacial score (nSPS) is 15.7. The fourth-order valence-corrected chi connectivity index (χ4v) is 3.40. The summed E-state index contributed by atoms with van der Waals surface area (Å²) in [5, 5.41) is 5.85. The molecular formula is C20H24N4O3. The first-order chi connectivity index (χ1) is 13.0. The molecular weight excluding hydrogens is 344 g/mol. The van der Waals surface area contributed by atoms with Gasteiger partial charge in [-0.1, -0.05) is 6.07 Å². The highest BCUT2D eigenvalue weighted by Gasteiger charge is 2.26. The van der Waals surface area contributed by atoms with Crippen LogP contribution in [0, 0.1) is 0 Å². The number of hydrogen-bond acceptors (Lipinski definition) is 5. The molecule has 4 rings (SSSR count). The number of aromatic nitrogens is 1. The van der Waals surface area contributed by atoms with Gasteiger partial charge in [-0.15, -0.1) is 0 Å². The molecule has 3 heterocycles. The van der Waals surface area contributed by atoms with Crippen molar-refractivity contribution in [3.8, 4) is 11.5 Å². The minimum Gasteiger partial charge on any atom is -0.454 e. The van der Waals surface area contributed by atoms with E-state index in [9.17, 15) is 4.79 Å². The number of hydrogen-bond donors (Lipinski definition) is 2. The number of anilines is 2. The van der Waals surface area contributed by atoms with Crippen molar-refractivity contribution in [1.82, 2.24) is 10.3 Å². The zero-order valence-electron chi connectivity index (χ0n) is 15.6. The van der Waals surface area contributed by atoms with Crippen LogP contribution in [0.3, 0.4) is 0 Å². The van der Waals surface area contributed by atoms with Crippen LogP contribution in [0.15, 0.2) is 36.5 Å². The van der Waals surface area contributed by atoms with Gasteiger partial charge in [0.15, 0.2) is 11.5 Å². The fraction of sp³-hybridized carbons (Fsp3) is 0.400. The lowest BCUT2D eigenvalue weighted by molar-refractivity contribution is 0.174. The molecule has 7 nitrogen and oxygen atoms in total. The van der Waals surface area contributed by atoms with Crippen LogP contribution in [-0.2, 0) is 5.54 Å². The van der Waals surface area contributed by atoms with E-state index in [-0.39, 0.29) is 12.8 Å². The van der Waals surface area contributed by atoms with E-state index in [1.165, 1.54) is 12.8 Å². The molecule has 0 bridgehead atoms. The summed E-state index contributed by atoms with van der Waals surface area (Å²) in [6.45, 7) is 6.21. The third-order valence-corrected chi connectivity index (χ3v) is 4.96. The quantitative estimate of drug-likeness (QED) is 0.864. The number of rotatable bonds is 4. The SMILES string of the molecule is CC(C)(NC(=O)Nc1ccc(N2CCCC2)nc1)c1ccc2c(c1)OCO2. The van der Waals surface area contributed by atoms with Crippen molar-refractivity contribution in [1.29, 1.82) is 0 Å². The molecule has 7 heteroatoms. The van der Waals surface area contributed by atoms with Gasteiger partial charge in [-0.05, 0) is 56.5 Å². The van der Waals surface area contributed by atoms with E-state index >= 15 is 0 Å². The Hall–Kier alpha value is -2.96. The summed E-state index contributed by atoms with van der Waals surface area (Å²) in [7, 11) is 0. The molecule has 2 N–H and O–H groups in total. The summed E-state index contributed by atoms with van der Waals surface area (Å²) in [5.74, 6) is 2.38. The van der Waals surface area contributed by atoms with Crippen LogP contribution in [0.5, 0.6) is 11.5 Å². The Kier molecular flexibility index (Phi) is 4.51. The van der Waals surface area contributed by atoms with Crippen molar-refractivity contribution in [2.45, 2.75) is 32.2 Å². The van der Waals surface area contributed by atoms with Crippen LogP contribution in [0.25, 0.3) is 0 Å². The third-order valence-electron chi connectivity index (χ3n) is 4.96. The van der Waals surface area contributed by atoms with E-state index < -0.39 is 5.54 Å². The highest BCUT2D eigenvalue weighted by Crippen LogP contribution is 2.35. The molecule has 27 heavy (non-hydrogen) atoms. The second-order valence-electron chi connectivity index (χ2n) is 7.37. The highest BCUT2D eigenvalue weighted by atomic mass is 16.7. The maximum Gasteiger partial charge on any atom is 0.319 e. The van der Waals surface area contributed by atoms with Crippen LogP contribution in [0.4, 0.5) is 16.3 Å². The van der Waals surface area contributed by atoms with Crippen LogP contribution in [-0.4, -0.2) is 30.9 Å². The lowest BCUT2D eigenvalue weighted by Gasteiger charge is -2.27. The number of urea groups is 1. The average molecular weight is 368 g/mol. The second-order valence-corrected chi connectivity index (χ2v) is 7.37. The van der Waals surface area contributed by atoms with Crippen molar-refractivity contribution >= 4 is 17.5 Å². The molecule has 2 aliphatic heterocycles. The summed E-state index contributed by atoms with van der Waals surface area (Å²) in [4.78, 5) is 19.2. The summed E-state index contributed by atoms with van der Waals surface area (Å²) >= 11 is 0. The van der Waals surface area contributed by atoms with Crippen molar-refractivity contribution in [3.63, 3.8) is 0 Å². The minimum atomic E-state index is -0.575. The molecule has 1 aromatic carbocycles. The molecule has 0 radical (unpaired) electrons. The lowest BCUT2D eigenvalue weighted by Crippen LogP contribution is -2.43. The predicted octanol–water partition coefficient (Wildman–Crippen LogP) is 3.47. The first-order valence-corrected chi connectivity index (χ1v) is 9.21. The van der Waals surface area contributed by atoms with E-state index in [4.69, 9.17) is 9.47 Å². The number of carbonyl (C=O) groups is 1. The molecule has 0 saturated carbocycles. The Balaban J connectivity index is 1.39. The molecule has 1 fully saturated rings. The Morgan fingerprint density at radius 1 is 1.11 bits per heavy atom. The monoisotopic (exact) mass is 368 g/mol.